The summed E-state index contributed by atoms with van der Waals surface area (Å²) in [6, 6.07) is 7.30. The fourth-order valence-corrected chi connectivity index (χ4v) is 2.20. The Kier molecular flexibility index (Phi) is 5.17. The number of hydrogen-bond acceptors (Lipinski definition) is 2. The largest absolute Gasteiger partial charge is 0.293 e. The van der Waals surface area contributed by atoms with Gasteiger partial charge in [-0.3, -0.25) is 9.69 Å². The van der Waals surface area contributed by atoms with Crippen molar-refractivity contribution < 1.29 is 4.79 Å². The molecule has 1 aromatic rings. The fourth-order valence-electron chi connectivity index (χ4n) is 2.01. The predicted molar refractivity (Wildman–Crippen MR) is 81.9 cm³/mol. The molecule has 0 radical (unpaired) electrons. The lowest BCUT2D eigenvalue weighted by molar-refractivity contribution is 0.0695. The van der Waals surface area contributed by atoms with Gasteiger partial charge in [0.1, 0.15) is 0 Å². The van der Waals surface area contributed by atoms with Crippen LogP contribution in [0.4, 0.5) is 0 Å². The first kappa shape index (κ1) is 16.2. The van der Waals surface area contributed by atoms with Crippen LogP contribution in [-0.2, 0) is 0 Å². The molecule has 0 bridgehead atoms. The van der Waals surface area contributed by atoms with E-state index in [4.69, 9.17) is 11.6 Å². The van der Waals surface area contributed by atoms with Gasteiger partial charge in [-0.2, -0.15) is 0 Å². The lowest BCUT2D eigenvalue weighted by atomic mass is 9.86. The summed E-state index contributed by atoms with van der Waals surface area (Å²) in [4.78, 5) is 14.6. The number of rotatable bonds is 4. The summed E-state index contributed by atoms with van der Waals surface area (Å²) in [5.41, 5.74) is 0.811. The van der Waals surface area contributed by atoms with Gasteiger partial charge in [0, 0.05) is 16.6 Å². The molecule has 0 saturated carbocycles. The highest BCUT2D eigenvalue weighted by Crippen LogP contribution is 2.25. The van der Waals surface area contributed by atoms with Crippen LogP contribution in [0.1, 0.15) is 45.0 Å². The minimum atomic E-state index is -0.160. The average Bonchev–Trinajstić information content (AvgIpc) is 2.34. The first-order chi connectivity index (χ1) is 8.64. The van der Waals surface area contributed by atoms with E-state index in [2.05, 4.69) is 32.6 Å². The molecule has 0 aliphatic rings. The third kappa shape index (κ3) is 4.05. The van der Waals surface area contributed by atoms with Crippen molar-refractivity contribution in [2.45, 2.75) is 46.7 Å². The third-order valence-corrected chi connectivity index (χ3v) is 4.20. The van der Waals surface area contributed by atoms with Gasteiger partial charge in [0.25, 0.3) is 0 Å². The zero-order valence-corrected chi connectivity index (χ0v) is 13.5. The number of hydrogen-bond donors (Lipinski definition) is 0. The highest BCUT2D eigenvalue weighted by Gasteiger charge is 2.30. The highest BCUT2D eigenvalue weighted by atomic mass is 35.5. The van der Waals surface area contributed by atoms with Gasteiger partial charge in [-0.25, -0.2) is 0 Å². The molecule has 0 aliphatic heterocycles. The van der Waals surface area contributed by atoms with Crippen molar-refractivity contribution in [3.05, 3.63) is 34.9 Å². The van der Waals surface area contributed by atoms with Gasteiger partial charge < -0.3 is 0 Å². The molecule has 2 nitrogen and oxygen atoms in total. The molecule has 1 aromatic carbocycles. The van der Waals surface area contributed by atoms with Crippen molar-refractivity contribution in [1.29, 1.82) is 0 Å². The van der Waals surface area contributed by atoms with E-state index < -0.39 is 0 Å². The first-order valence-electron chi connectivity index (χ1n) is 6.66. The van der Waals surface area contributed by atoms with Crippen LogP contribution in [0.25, 0.3) is 0 Å². The normalized spacial score (nSPS) is 15.4. The van der Waals surface area contributed by atoms with E-state index in [0.717, 1.165) is 0 Å². The average molecular weight is 282 g/mol. The molecule has 0 aliphatic carbocycles. The second-order valence-electron chi connectivity index (χ2n) is 6.26. The molecule has 0 spiro atoms. The molecule has 0 saturated heterocycles. The molecule has 2 atom stereocenters. The van der Waals surface area contributed by atoms with Gasteiger partial charge in [-0.1, -0.05) is 44.5 Å². The molecular formula is C16H24ClNO. The summed E-state index contributed by atoms with van der Waals surface area (Å²) in [7, 11) is 2.00. The van der Waals surface area contributed by atoms with Crippen molar-refractivity contribution in [2.24, 2.45) is 5.41 Å². The van der Waals surface area contributed by atoms with Crippen LogP contribution >= 0.6 is 11.6 Å². The molecule has 3 heteroatoms. The van der Waals surface area contributed by atoms with Crippen molar-refractivity contribution in [3.63, 3.8) is 0 Å². The standard InChI is InChI=1S/C16H24ClNO/c1-11(18(6)12(2)16(3,4)5)15(19)13-8-7-9-14(17)10-13/h7-12H,1-6H3. The van der Waals surface area contributed by atoms with E-state index in [1.807, 2.05) is 26.1 Å². The van der Waals surface area contributed by atoms with Crippen molar-refractivity contribution in [2.75, 3.05) is 7.05 Å². The minimum Gasteiger partial charge on any atom is -0.293 e. The maximum atomic E-state index is 12.5. The summed E-state index contributed by atoms with van der Waals surface area (Å²) in [6.07, 6.45) is 0. The van der Waals surface area contributed by atoms with Crippen LogP contribution < -0.4 is 0 Å². The Bertz CT molecular complexity index is 450. The Hall–Kier alpha value is -0.860. The quantitative estimate of drug-likeness (QED) is 0.768. The van der Waals surface area contributed by atoms with E-state index in [1.165, 1.54) is 0 Å². The summed E-state index contributed by atoms with van der Waals surface area (Å²) in [5.74, 6) is 0.112. The van der Waals surface area contributed by atoms with E-state index in [9.17, 15) is 4.79 Å². The van der Waals surface area contributed by atoms with Crippen molar-refractivity contribution in [1.82, 2.24) is 4.90 Å². The van der Waals surface area contributed by atoms with Crippen molar-refractivity contribution >= 4 is 17.4 Å². The first-order valence-corrected chi connectivity index (χ1v) is 7.04. The van der Waals surface area contributed by atoms with Gasteiger partial charge in [-0.15, -0.1) is 0 Å². The number of Topliss-reactive ketones (excluding diaryl/α,β-unsaturated/α-hetero) is 1. The molecule has 106 valence electrons. The second kappa shape index (κ2) is 6.06. The molecule has 0 fully saturated rings. The molecule has 19 heavy (non-hydrogen) atoms. The number of carbonyl (C=O) groups excluding carboxylic acids is 1. The van der Waals surface area contributed by atoms with E-state index in [0.29, 0.717) is 16.6 Å². The Labute approximate surface area is 121 Å². The van der Waals surface area contributed by atoms with Crippen LogP contribution in [0.15, 0.2) is 24.3 Å². The zero-order chi connectivity index (χ0) is 14.8. The smallest absolute Gasteiger partial charge is 0.179 e. The topological polar surface area (TPSA) is 20.3 Å². The van der Waals surface area contributed by atoms with Gasteiger partial charge in [-0.05, 0) is 38.4 Å². The van der Waals surface area contributed by atoms with Gasteiger partial charge >= 0.3 is 0 Å². The lowest BCUT2D eigenvalue weighted by Gasteiger charge is -2.38. The number of carbonyl (C=O) groups is 1. The number of nitrogens with zero attached hydrogens (tertiary/aromatic N) is 1. The van der Waals surface area contributed by atoms with Crippen molar-refractivity contribution in [3.8, 4) is 0 Å². The SMILES string of the molecule is CC(C(=O)c1cccc(Cl)c1)N(C)C(C)C(C)(C)C. The highest BCUT2D eigenvalue weighted by molar-refractivity contribution is 6.31. The molecular weight excluding hydrogens is 258 g/mol. The summed E-state index contributed by atoms with van der Waals surface area (Å²) < 4.78 is 0. The predicted octanol–water partition coefficient (Wildman–Crippen LogP) is 4.28. The summed E-state index contributed by atoms with van der Waals surface area (Å²) in [5, 5.41) is 0.601. The number of benzene rings is 1. The Morgan fingerprint density at radius 3 is 2.32 bits per heavy atom. The Morgan fingerprint density at radius 1 is 1.26 bits per heavy atom. The van der Waals surface area contributed by atoms with Crippen LogP contribution in [0.3, 0.4) is 0 Å². The molecule has 0 amide bonds. The molecule has 2 unspecified atom stereocenters. The van der Waals surface area contributed by atoms with Gasteiger partial charge in [0.05, 0.1) is 6.04 Å². The fraction of sp³-hybridized carbons (Fsp3) is 0.562. The maximum absolute atomic E-state index is 12.5. The Morgan fingerprint density at radius 2 is 1.84 bits per heavy atom. The third-order valence-electron chi connectivity index (χ3n) is 3.96. The molecule has 0 heterocycles. The number of ketones is 1. The van der Waals surface area contributed by atoms with E-state index >= 15 is 0 Å². The lowest BCUT2D eigenvalue weighted by Crippen LogP contribution is -2.47. The van der Waals surface area contributed by atoms with Gasteiger partial charge in [0.15, 0.2) is 5.78 Å². The van der Waals surface area contributed by atoms with Gasteiger partial charge in [0.2, 0.25) is 0 Å². The number of halogens is 1. The van der Waals surface area contributed by atoms with Crippen LogP contribution in [-0.4, -0.2) is 29.8 Å². The van der Waals surface area contributed by atoms with Crippen LogP contribution in [0, 0.1) is 5.41 Å². The Balaban J connectivity index is 2.88. The molecule has 0 aromatic heterocycles. The summed E-state index contributed by atoms with van der Waals surface area (Å²) in [6.45, 7) is 10.7. The monoisotopic (exact) mass is 281 g/mol. The minimum absolute atomic E-state index is 0.112. The van der Waals surface area contributed by atoms with Crippen LogP contribution in [0.5, 0.6) is 0 Å². The molecule has 0 N–H and O–H groups in total. The number of likely N-dealkylation sites (N-methyl/N-ethyl adjacent to an activating group) is 1. The van der Waals surface area contributed by atoms with E-state index in [1.54, 1.807) is 12.1 Å². The van der Waals surface area contributed by atoms with E-state index in [-0.39, 0.29) is 17.2 Å². The zero-order valence-electron chi connectivity index (χ0n) is 12.7. The second-order valence-corrected chi connectivity index (χ2v) is 6.69. The maximum Gasteiger partial charge on any atom is 0.179 e. The summed E-state index contributed by atoms with van der Waals surface area (Å²) >= 11 is 5.94. The molecule has 1 rings (SSSR count). The van der Waals surface area contributed by atoms with Crippen LogP contribution in [0.2, 0.25) is 5.02 Å².